The van der Waals surface area contributed by atoms with Crippen LogP contribution in [0.2, 0.25) is 0 Å². The van der Waals surface area contributed by atoms with Crippen molar-refractivity contribution in [3.63, 3.8) is 0 Å². The van der Waals surface area contributed by atoms with E-state index in [9.17, 15) is 19.5 Å². The summed E-state index contributed by atoms with van der Waals surface area (Å²) in [6.07, 6.45) is 2.91. The second kappa shape index (κ2) is 10.6. The van der Waals surface area contributed by atoms with Crippen LogP contribution in [-0.4, -0.2) is 72.8 Å². The first-order valence-corrected chi connectivity index (χ1v) is 11.2. The fourth-order valence-electron chi connectivity index (χ4n) is 4.22. The summed E-state index contributed by atoms with van der Waals surface area (Å²) in [4.78, 5) is 39.8. The van der Waals surface area contributed by atoms with Gasteiger partial charge >= 0.3 is 12.1 Å². The molecule has 1 aromatic carbocycles. The number of aromatic hydroxyl groups is 1. The molecule has 0 aromatic heterocycles. The fraction of sp³-hybridized carbons (Fsp3) is 0.542. The number of piperazine rings is 1. The molecule has 2 aliphatic rings. The maximum atomic E-state index is 12.6. The highest BCUT2D eigenvalue weighted by Crippen LogP contribution is 2.42. The van der Waals surface area contributed by atoms with E-state index < -0.39 is 5.97 Å². The van der Waals surface area contributed by atoms with Crippen molar-refractivity contribution in [3.05, 3.63) is 33.9 Å². The number of carbonyl (C=O) groups is 3. The number of cyclic esters (lactones) is 1. The standard InChI is InChI=1S/C24H32N2O7/c1-5-32-24(30)26-12-10-25(11-13-26)19(27)9-7-15(2)6-8-17-21(28)20-18(14-33-23(20)29)16(3)22(17)31-4/h6,28H,5,7-14H2,1-4H3/b15-6+. The summed E-state index contributed by atoms with van der Waals surface area (Å²) in [7, 11) is 1.53. The molecular formula is C24H32N2O7. The van der Waals surface area contributed by atoms with Gasteiger partial charge in [0.05, 0.1) is 13.7 Å². The first-order chi connectivity index (χ1) is 15.8. The molecule has 0 atom stereocenters. The van der Waals surface area contributed by atoms with E-state index in [1.54, 1.807) is 16.7 Å². The molecule has 1 fully saturated rings. The summed E-state index contributed by atoms with van der Waals surface area (Å²) in [5, 5.41) is 10.7. The van der Waals surface area contributed by atoms with Gasteiger partial charge in [0.2, 0.25) is 5.91 Å². The Morgan fingerprint density at radius 1 is 1.15 bits per heavy atom. The predicted octanol–water partition coefficient (Wildman–Crippen LogP) is 2.95. The van der Waals surface area contributed by atoms with Gasteiger partial charge in [0.15, 0.2) is 0 Å². The molecule has 2 amide bonds. The van der Waals surface area contributed by atoms with Crippen LogP contribution >= 0.6 is 0 Å². The van der Waals surface area contributed by atoms with Crippen LogP contribution in [0.5, 0.6) is 11.5 Å². The number of allylic oxidation sites excluding steroid dienone is 2. The van der Waals surface area contributed by atoms with Crippen molar-refractivity contribution in [2.45, 2.75) is 46.6 Å². The summed E-state index contributed by atoms with van der Waals surface area (Å²) in [5.41, 5.74) is 3.19. The molecule has 0 aliphatic carbocycles. The quantitative estimate of drug-likeness (QED) is 0.493. The molecule has 180 valence electrons. The highest BCUT2D eigenvalue weighted by Gasteiger charge is 2.32. The van der Waals surface area contributed by atoms with E-state index in [1.807, 2.05) is 19.9 Å². The van der Waals surface area contributed by atoms with Gasteiger partial charge in [0.1, 0.15) is 23.7 Å². The Hall–Kier alpha value is -3.23. The van der Waals surface area contributed by atoms with Crippen LogP contribution in [-0.2, 0) is 27.3 Å². The second-order valence-electron chi connectivity index (χ2n) is 8.24. The summed E-state index contributed by atoms with van der Waals surface area (Å²) < 4.78 is 15.6. The number of rotatable bonds is 7. The molecule has 0 saturated carbocycles. The van der Waals surface area contributed by atoms with Crippen molar-refractivity contribution in [2.75, 3.05) is 39.9 Å². The lowest BCUT2D eigenvalue weighted by atomic mass is 9.94. The minimum absolute atomic E-state index is 0.0443. The summed E-state index contributed by atoms with van der Waals surface area (Å²) >= 11 is 0. The van der Waals surface area contributed by atoms with Gasteiger partial charge in [-0.05, 0) is 39.2 Å². The SMILES string of the molecule is CCOC(=O)N1CCN(C(=O)CC/C(C)=C/Cc2c(O)c3c(c(C)c2OC)COC3=O)CC1. The Kier molecular flexibility index (Phi) is 7.84. The fourth-order valence-corrected chi connectivity index (χ4v) is 4.22. The lowest BCUT2D eigenvalue weighted by Gasteiger charge is -2.34. The number of fused-ring (bicyclic) bond motifs is 1. The Balaban J connectivity index is 1.58. The topological polar surface area (TPSA) is 106 Å². The highest BCUT2D eigenvalue weighted by molar-refractivity contribution is 5.98. The molecule has 1 aromatic rings. The monoisotopic (exact) mass is 460 g/mol. The van der Waals surface area contributed by atoms with Gasteiger partial charge in [-0.3, -0.25) is 4.79 Å². The molecule has 3 rings (SSSR count). The first-order valence-electron chi connectivity index (χ1n) is 11.2. The highest BCUT2D eigenvalue weighted by atomic mass is 16.6. The van der Waals surface area contributed by atoms with Crippen molar-refractivity contribution in [2.24, 2.45) is 0 Å². The lowest BCUT2D eigenvalue weighted by Crippen LogP contribution is -2.50. The van der Waals surface area contributed by atoms with E-state index in [-0.39, 0.29) is 29.9 Å². The van der Waals surface area contributed by atoms with Gasteiger partial charge in [-0.2, -0.15) is 0 Å². The smallest absolute Gasteiger partial charge is 0.409 e. The van der Waals surface area contributed by atoms with Crippen molar-refractivity contribution < 1.29 is 33.7 Å². The van der Waals surface area contributed by atoms with Gasteiger partial charge in [-0.1, -0.05) is 11.6 Å². The number of phenolic OH excluding ortho intramolecular Hbond substituents is 1. The molecule has 0 radical (unpaired) electrons. The number of benzene rings is 1. The molecule has 0 unspecified atom stereocenters. The maximum Gasteiger partial charge on any atom is 0.409 e. The van der Waals surface area contributed by atoms with Crippen LogP contribution < -0.4 is 4.74 Å². The number of hydrogen-bond donors (Lipinski definition) is 1. The maximum absolute atomic E-state index is 12.6. The Morgan fingerprint density at radius 2 is 1.82 bits per heavy atom. The van der Waals surface area contributed by atoms with Crippen LogP contribution in [0.4, 0.5) is 4.79 Å². The molecule has 1 saturated heterocycles. The second-order valence-corrected chi connectivity index (χ2v) is 8.24. The zero-order valence-electron chi connectivity index (χ0n) is 19.7. The molecule has 1 N–H and O–H groups in total. The van der Waals surface area contributed by atoms with Crippen LogP contribution in [0.25, 0.3) is 0 Å². The van der Waals surface area contributed by atoms with Crippen molar-refractivity contribution in [1.29, 1.82) is 0 Å². The number of esters is 1. The third-order valence-corrected chi connectivity index (χ3v) is 6.19. The Labute approximate surface area is 193 Å². The minimum Gasteiger partial charge on any atom is -0.507 e. The van der Waals surface area contributed by atoms with Crippen LogP contribution in [0.15, 0.2) is 11.6 Å². The number of nitrogens with zero attached hydrogens (tertiary/aromatic N) is 2. The summed E-state index contributed by atoms with van der Waals surface area (Å²) in [5.74, 6) is -0.0367. The Bertz CT molecular complexity index is 962. The minimum atomic E-state index is -0.524. The number of ether oxygens (including phenoxy) is 3. The van der Waals surface area contributed by atoms with E-state index in [2.05, 4.69) is 0 Å². The molecule has 0 spiro atoms. The number of phenols is 1. The van der Waals surface area contributed by atoms with Gasteiger partial charge < -0.3 is 29.1 Å². The van der Waals surface area contributed by atoms with Gasteiger partial charge in [0.25, 0.3) is 0 Å². The summed E-state index contributed by atoms with van der Waals surface area (Å²) in [6, 6.07) is 0. The van der Waals surface area contributed by atoms with Crippen molar-refractivity contribution in [1.82, 2.24) is 9.80 Å². The molecular weight excluding hydrogens is 428 g/mol. The molecule has 33 heavy (non-hydrogen) atoms. The van der Waals surface area contributed by atoms with Gasteiger partial charge in [0, 0.05) is 43.7 Å². The Morgan fingerprint density at radius 3 is 2.45 bits per heavy atom. The first kappa shape index (κ1) is 24.4. The molecule has 2 heterocycles. The van der Waals surface area contributed by atoms with Crippen LogP contribution in [0, 0.1) is 6.92 Å². The largest absolute Gasteiger partial charge is 0.507 e. The number of carbonyl (C=O) groups excluding carboxylic acids is 3. The number of methoxy groups -OCH3 is 1. The number of amides is 2. The zero-order valence-corrected chi connectivity index (χ0v) is 19.7. The summed E-state index contributed by atoms with van der Waals surface area (Å²) in [6.45, 7) is 7.95. The van der Waals surface area contributed by atoms with E-state index >= 15 is 0 Å². The van der Waals surface area contributed by atoms with Crippen molar-refractivity contribution in [3.8, 4) is 11.5 Å². The third kappa shape index (κ3) is 5.23. The van der Waals surface area contributed by atoms with E-state index in [0.29, 0.717) is 68.9 Å². The third-order valence-electron chi connectivity index (χ3n) is 6.19. The van der Waals surface area contributed by atoms with E-state index in [0.717, 1.165) is 11.1 Å². The van der Waals surface area contributed by atoms with E-state index in [1.165, 1.54) is 7.11 Å². The molecule has 9 heteroatoms. The molecule has 0 bridgehead atoms. The zero-order chi connectivity index (χ0) is 24.1. The molecule has 9 nitrogen and oxygen atoms in total. The van der Waals surface area contributed by atoms with Gasteiger partial charge in [-0.15, -0.1) is 0 Å². The van der Waals surface area contributed by atoms with Crippen molar-refractivity contribution >= 4 is 18.0 Å². The normalized spacial score (nSPS) is 15.9. The molecule has 2 aliphatic heterocycles. The number of hydrogen-bond acceptors (Lipinski definition) is 7. The van der Waals surface area contributed by atoms with Crippen LogP contribution in [0.1, 0.15) is 53.7 Å². The van der Waals surface area contributed by atoms with E-state index in [4.69, 9.17) is 14.2 Å². The average molecular weight is 461 g/mol. The average Bonchev–Trinajstić information content (AvgIpc) is 3.21. The lowest BCUT2D eigenvalue weighted by molar-refractivity contribution is -0.132. The van der Waals surface area contributed by atoms with Gasteiger partial charge in [-0.25, -0.2) is 9.59 Å². The predicted molar refractivity (Wildman–Crippen MR) is 120 cm³/mol. The van der Waals surface area contributed by atoms with Crippen LogP contribution in [0.3, 0.4) is 0 Å².